The average molecular weight is 235 g/mol. The van der Waals surface area contributed by atoms with Gasteiger partial charge in [0, 0.05) is 18.7 Å². The Kier molecular flexibility index (Phi) is 3.07. The summed E-state index contributed by atoms with van der Waals surface area (Å²) in [5.41, 5.74) is -0.165. The van der Waals surface area contributed by atoms with Crippen LogP contribution < -0.4 is 0 Å². The Balaban J connectivity index is 2.07. The lowest BCUT2D eigenvalue weighted by molar-refractivity contribution is -0.00203. The summed E-state index contributed by atoms with van der Waals surface area (Å²) < 4.78 is 0. The minimum absolute atomic E-state index is 0.0867. The average Bonchev–Trinajstić information content (AvgIpc) is 2.28. The monoisotopic (exact) mass is 235 g/mol. The summed E-state index contributed by atoms with van der Waals surface area (Å²) in [6.45, 7) is 2.91. The highest BCUT2D eigenvalue weighted by Crippen LogP contribution is 2.23. The summed E-state index contributed by atoms with van der Waals surface area (Å²) >= 11 is 0. The molecule has 0 spiro atoms. The summed E-state index contributed by atoms with van der Waals surface area (Å²) in [5.74, 6) is 0.0104. The van der Waals surface area contributed by atoms with Gasteiger partial charge >= 0.3 is 0 Å². The van der Waals surface area contributed by atoms with E-state index in [0.29, 0.717) is 31.5 Å². The summed E-state index contributed by atoms with van der Waals surface area (Å²) in [5, 5.41) is 19.1. The molecule has 0 unspecified atom stereocenters. The summed E-state index contributed by atoms with van der Waals surface area (Å²) in [6.07, 6.45) is 1.19. The van der Waals surface area contributed by atoms with Crippen molar-refractivity contribution < 1.29 is 15.0 Å². The van der Waals surface area contributed by atoms with E-state index in [-0.39, 0.29) is 11.7 Å². The predicted molar refractivity (Wildman–Crippen MR) is 63.9 cm³/mol. The number of phenolic OH excluding ortho intramolecular Hbond substituents is 1. The molecule has 0 atom stereocenters. The molecular formula is C13H17NO3. The van der Waals surface area contributed by atoms with Crippen molar-refractivity contribution in [3.8, 4) is 5.75 Å². The van der Waals surface area contributed by atoms with E-state index in [9.17, 15) is 15.0 Å². The zero-order valence-corrected chi connectivity index (χ0v) is 9.89. The molecule has 1 aliphatic rings. The van der Waals surface area contributed by atoms with Crippen molar-refractivity contribution in [3.63, 3.8) is 0 Å². The molecule has 17 heavy (non-hydrogen) atoms. The van der Waals surface area contributed by atoms with Gasteiger partial charge < -0.3 is 15.1 Å². The second-order valence-electron chi connectivity index (χ2n) is 4.84. The second-order valence-corrected chi connectivity index (χ2v) is 4.84. The number of hydrogen-bond acceptors (Lipinski definition) is 3. The SMILES string of the molecule is CC1(O)CCN(C(=O)c2cccc(O)c2)CC1. The van der Waals surface area contributed by atoms with Crippen LogP contribution >= 0.6 is 0 Å². The second kappa shape index (κ2) is 4.37. The molecule has 0 aromatic heterocycles. The van der Waals surface area contributed by atoms with E-state index in [1.54, 1.807) is 24.0 Å². The van der Waals surface area contributed by atoms with E-state index in [4.69, 9.17) is 0 Å². The van der Waals surface area contributed by atoms with Crippen LogP contribution in [0.1, 0.15) is 30.1 Å². The Morgan fingerprint density at radius 3 is 2.59 bits per heavy atom. The van der Waals surface area contributed by atoms with Gasteiger partial charge in [-0.15, -0.1) is 0 Å². The predicted octanol–water partition coefficient (Wildman–Crippen LogP) is 1.38. The van der Waals surface area contributed by atoms with Gasteiger partial charge in [-0.1, -0.05) is 6.07 Å². The molecule has 0 aliphatic carbocycles. The van der Waals surface area contributed by atoms with Crippen molar-refractivity contribution in [3.05, 3.63) is 29.8 Å². The lowest BCUT2D eigenvalue weighted by Gasteiger charge is -2.35. The number of hydrogen-bond donors (Lipinski definition) is 2. The fourth-order valence-electron chi connectivity index (χ4n) is 2.01. The Labute approximate surface area is 100 Å². The van der Waals surface area contributed by atoms with Gasteiger partial charge in [0.2, 0.25) is 0 Å². The van der Waals surface area contributed by atoms with Crippen LogP contribution in [0.2, 0.25) is 0 Å². The number of amides is 1. The van der Waals surface area contributed by atoms with Crippen LogP contribution in [0.4, 0.5) is 0 Å². The Bertz CT molecular complexity index is 418. The van der Waals surface area contributed by atoms with Crippen molar-refractivity contribution in [2.75, 3.05) is 13.1 Å². The molecule has 1 heterocycles. The molecule has 0 radical (unpaired) electrons. The standard InChI is InChI=1S/C13H17NO3/c1-13(17)5-7-14(8-6-13)12(16)10-3-2-4-11(15)9-10/h2-4,9,15,17H,5-8H2,1H3. The number of likely N-dealkylation sites (tertiary alicyclic amines) is 1. The summed E-state index contributed by atoms with van der Waals surface area (Å²) in [7, 11) is 0. The van der Waals surface area contributed by atoms with Crippen LogP contribution in [0.5, 0.6) is 5.75 Å². The zero-order valence-electron chi connectivity index (χ0n) is 9.89. The third kappa shape index (κ3) is 2.77. The maximum absolute atomic E-state index is 12.1. The van der Waals surface area contributed by atoms with Gasteiger partial charge in [0.15, 0.2) is 0 Å². The Hall–Kier alpha value is -1.55. The highest BCUT2D eigenvalue weighted by atomic mass is 16.3. The molecule has 2 rings (SSSR count). The molecule has 1 aromatic rings. The van der Waals surface area contributed by atoms with Gasteiger partial charge in [0.1, 0.15) is 5.75 Å². The van der Waals surface area contributed by atoms with Gasteiger partial charge in [0.25, 0.3) is 5.91 Å². The lowest BCUT2D eigenvalue weighted by Crippen LogP contribution is -2.45. The first-order valence-corrected chi connectivity index (χ1v) is 5.79. The van der Waals surface area contributed by atoms with Crippen LogP contribution in [0.15, 0.2) is 24.3 Å². The molecular weight excluding hydrogens is 218 g/mol. The van der Waals surface area contributed by atoms with Crippen molar-refractivity contribution in [2.24, 2.45) is 0 Å². The highest BCUT2D eigenvalue weighted by molar-refractivity contribution is 5.94. The van der Waals surface area contributed by atoms with Crippen LogP contribution in [-0.2, 0) is 0 Å². The number of phenols is 1. The summed E-state index contributed by atoms with van der Waals surface area (Å²) in [6, 6.07) is 6.35. The lowest BCUT2D eigenvalue weighted by atomic mass is 9.93. The first-order valence-electron chi connectivity index (χ1n) is 5.79. The maximum Gasteiger partial charge on any atom is 0.253 e. The Morgan fingerprint density at radius 2 is 2.00 bits per heavy atom. The number of nitrogens with zero attached hydrogens (tertiary/aromatic N) is 1. The minimum Gasteiger partial charge on any atom is -0.508 e. The number of piperidine rings is 1. The van der Waals surface area contributed by atoms with Gasteiger partial charge in [-0.3, -0.25) is 4.79 Å². The molecule has 4 nitrogen and oxygen atoms in total. The van der Waals surface area contributed by atoms with Crippen LogP contribution in [0.3, 0.4) is 0 Å². The number of benzene rings is 1. The van der Waals surface area contributed by atoms with Crippen molar-refractivity contribution in [1.29, 1.82) is 0 Å². The van der Waals surface area contributed by atoms with Gasteiger partial charge in [-0.25, -0.2) is 0 Å². The smallest absolute Gasteiger partial charge is 0.253 e. The highest BCUT2D eigenvalue weighted by Gasteiger charge is 2.29. The Morgan fingerprint density at radius 1 is 1.35 bits per heavy atom. The third-order valence-corrected chi connectivity index (χ3v) is 3.22. The van der Waals surface area contributed by atoms with Gasteiger partial charge in [-0.2, -0.15) is 0 Å². The molecule has 2 N–H and O–H groups in total. The molecule has 1 aliphatic heterocycles. The quantitative estimate of drug-likeness (QED) is 0.773. The largest absolute Gasteiger partial charge is 0.508 e. The van der Waals surface area contributed by atoms with Crippen molar-refractivity contribution >= 4 is 5.91 Å². The number of rotatable bonds is 1. The number of aliphatic hydroxyl groups is 1. The number of aromatic hydroxyl groups is 1. The first-order chi connectivity index (χ1) is 7.98. The van der Waals surface area contributed by atoms with Crippen LogP contribution in [0, 0.1) is 0 Å². The normalized spacial score (nSPS) is 19.1. The van der Waals surface area contributed by atoms with E-state index in [1.165, 1.54) is 12.1 Å². The van der Waals surface area contributed by atoms with E-state index >= 15 is 0 Å². The molecule has 4 heteroatoms. The number of carbonyl (C=O) groups excluding carboxylic acids is 1. The molecule has 1 fully saturated rings. The molecule has 1 aromatic carbocycles. The fraction of sp³-hybridized carbons (Fsp3) is 0.462. The molecule has 0 bridgehead atoms. The van der Waals surface area contributed by atoms with Crippen molar-refractivity contribution in [2.45, 2.75) is 25.4 Å². The number of carbonyl (C=O) groups is 1. The summed E-state index contributed by atoms with van der Waals surface area (Å²) in [4.78, 5) is 13.8. The molecule has 1 saturated heterocycles. The van der Waals surface area contributed by atoms with E-state index < -0.39 is 5.60 Å². The topological polar surface area (TPSA) is 60.8 Å². The zero-order chi connectivity index (χ0) is 12.5. The van der Waals surface area contributed by atoms with Crippen molar-refractivity contribution in [1.82, 2.24) is 4.90 Å². The minimum atomic E-state index is -0.657. The maximum atomic E-state index is 12.1. The fourth-order valence-corrected chi connectivity index (χ4v) is 2.01. The van der Waals surface area contributed by atoms with Crippen LogP contribution in [-0.4, -0.2) is 39.7 Å². The molecule has 0 saturated carbocycles. The van der Waals surface area contributed by atoms with Crippen LogP contribution in [0.25, 0.3) is 0 Å². The van der Waals surface area contributed by atoms with Gasteiger partial charge in [0.05, 0.1) is 5.60 Å². The molecule has 1 amide bonds. The molecule has 92 valence electrons. The first kappa shape index (κ1) is 11.9. The van der Waals surface area contributed by atoms with E-state index in [2.05, 4.69) is 0 Å². The van der Waals surface area contributed by atoms with Gasteiger partial charge in [-0.05, 0) is 38.0 Å². The van der Waals surface area contributed by atoms with E-state index in [0.717, 1.165) is 0 Å². The third-order valence-electron chi connectivity index (χ3n) is 3.22. The van der Waals surface area contributed by atoms with E-state index in [1.807, 2.05) is 0 Å².